The van der Waals surface area contributed by atoms with E-state index in [-0.39, 0.29) is 53.5 Å². The number of nitrogens with zero attached hydrogens (tertiary/aromatic N) is 2. The minimum absolute atomic E-state index is 0.0437. The number of piperidine rings is 1. The van der Waals surface area contributed by atoms with E-state index in [0.29, 0.717) is 35.6 Å². The van der Waals surface area contributed by atoms with Crippen LogP contribution in [0.1, 0.15) is 59.7 Å². The van der Waals surface area contributed by atoms with Crippen molar-refractivity contribution in [3.8, 4) is 11.5 Å². The molecule has 36 heavy (non-hydrogen) atoms. The molecule has 1 fully saturated rings. The van der Waals surface area contributed by atoms with Crippen molar-refractivity contribution in [2.75, 3.05) is 26.8 Å². The van der Waals surface area contributed by atoms with E-state index in [0.717, 1.165) is 36.9 Å². The third-order valence-electron chi connectivity index (χ3n) is 7.77. The van der Waals surface area contributed by atoms with Crippen molar-refractivity contribution in [2.24, 2.45) is 0 Å². The number of ketones is 1. The van der Waals surface area contributed by atoms with Crippen molar-refractivity contribution in [2.45, 2.75) is 57.5 Å². The fraction of sp³-hybridized carbons (Fsp3) is 0.481. The van der Waals surface area contributed by atoms with Gasteiger partial charge < -0.3 is 26.0 Å². The molecule has 0 radical (unpaired) electrons. The number of likely N-dealkylation sites (tertiary alicyclic amines) is 1. The Morgan fingerprint density at radius 3 is 2.58 bits per heavy atom. The molecule has 1 heterocycles. The van der Waals surface area contributed by atoms with Crippen LogP contribution in [-0.2, 0) is 12.8 Å². The number of allylic oxidation sites excluding steroid dienone is 5. The number of carbonyl (C=O) groups excluding carboxylic acids is 1. The van der Waals surface area contributed by atoms with Crippen LogP contribution in [0.4, 0.5) is 0 Å². The van der Waals surface area contributed by atoms with E-state index in [1.54, 1.807) is 25.2 Å². The van der Waals surface area contributed by atoms with Crippen LogP contribution >= 0.6 is 0 Å². The van der Waals surface area contributed by atoms with Gasteiger partial charge in [-0.15, -0.1) is 0 Å². The zero-order valence-corrected chi connectivity index (χ0v) is 20.9. The lowest BCUT2D eigenvalue weighted by atomic mass is 9.81. The summed E-state index contributed by atoms with van der Waals surface area (Å²) in [6.45, 7) is 3.57. The summed E-state index contributed by atoms with van der Waals surface area (Å²) < 4.78 is 1.05. The van der Waals surface area contributed by atoms with Gasteiger partial charge in [0.25, 0.3) is 0 Å². The molecule has 1 atom stereocenters. The average Bonchev–Trinajstić information content (AvgIpc) is 3.06. The SMILES string of the molecule is CNC1CCN(C[N+](=O)C2CCc3c(O)c(C=N)c(C(=O)C4=CC=CCC(O)=C4C)c(O)c3C2)CC1. The topological polar surface area (TPSA) is 137 Å². The molecular weight excluding hydrogens is 460 g/mol. The second-order valence-corrected chi connectivity index (χ2v) is 9.84. The van der Waals surface area contributed by atoms with Crippen LogP contribution < -0.4 is 5.32 Å². The van der Waals surface area contributed by atoms with Crippen LogP contribution in [0, 0.1) is 10.3 Å². The number of fused-ring (bicyclic) bond motifs is 1. The van der Waals surface area contributed by atoms with Crippen molar-refractivity contribution in [3.63, 3.8) is 0 Å². The van der Waals surface area contributed by atoms with E-state index in [2.05, 4.69) is 10.2 Å². The number of nitroso groups, excluding NO2 is 1. The Bertz CT molecular complexity index is 1180. The van der Waals surface area contributed by atoms with Gasteiger partial charge in [-0.1, -0.05) is 18.2 Å². The number of carbonyl (C=O) groups is 1. The van der Waals surface area contributed by atoms with Crippen LogP contribution in [0.5, 0.6) is 11.5 Å². The maximum absolute atomic E-state index is 13.6. The largest absolute Gasteiger partial charge is 0.512 e. The molecule has 9 nitrogen and oxygen atoms in total. The first kappa shape index (κ1) is 25.8. The minimum Gasteiger partial charge on any atom is -0.512 e. The Morgan fingerprint density at radius 1 is 1.19 bits per heavy atom. The minimum atomic E-state index is -0.590. The van der Waals surface area contributed by atoms with Crippen molar-refractivity contribution in [1.29, 1.82) is 5.41 Å². The van der Waals surface area contributed by atoms with E-state index in [1.165, 1.54) is 0 Å². The van der Waals surface area contributed by atoms with Gasteiger partial charge in [0.15, 0.2) is 5.78 Å². The number of aliphatic hydroxyl groups is 1. The van der Waals surface area contributed by atoms with Crippen molar-refractivity contribution in [3.05, 3.63) is 62.3 Å². The number of nitrogens with one attached hydrogen (secondary N) is 2. The molecule has 1 unspecified atom stereocenters. The number of aromatic hydroxyl groups is 2. The van der Waals surface area contributed by atoms with Gasteiger partial charge in [0.05, 0.1) is 11.3 Å². The molecule has 0 amide bonds. The first-order chi connectivity index (χ1) is 17.3. The summed E-state index contributed by atoms with van der Waals surface area (Å²) in [5.74, 6) is -1.06. The maximum Gasteiger partial charge on any atom is 0.247 e. The smallest absolute Gasteiger partial charge is 0.247 e. The van der Waals surface area contributed by atoms with Gasteiger partial charge in [0, 0.05) is 76.5 Å². The van der Waals surface area contributed by atoms with Crippen molar-refractivity contribution >= 4 is 12.0 Å². The summed E-state index contributed by atoms with van der Waals surface area (Å²) >= 11 is 0. The number of hydrogen-bond donors (Lipinski definition) is 5. The lowest BCUT2D eigenvalue weighted by Gasteiger charge is -2.30. The van der Waals surface area contributed by atoms with Gasteiger partial charge in [-0.2, -0.15) is 0 Å². The Labute approximate surface area is 210 Å². The molecular formula is C27H35N4O5+. The zero-order valence-electron chi connectivity index (χ0n) is 20.9. The number of phenols is 2. The molecule has 1 saturated heterocycles. The van der Waals surface area contributed by atoms with Gasteiger partial charge in [0.1, 0.15) is 11.5 Å². The summed E-state index contributed by atoms with van der Waals surface area (Å²) in [5.41, 5.74) is 1.18. The molecule has 3 aliphatic rings. The number of aliphatic hydroxyl groups excluding tert-OH is 1. The van der Waals surface area contributed by atoms with Crippen LogP contribution in [0.2, 0.25) is 0 Å². The van der Waals surface area contributed by atoms with Crippen molar-refractivity contribution in [1.82, 2.24) is 10.2 Å². The highest BCUT2D eigenvalue weighted by atomic mass is 16.3. The van der Waals surface area contributed by atoms with E-state index < -0.39 is 11.8 Å². The van der Waals surface area contributed by atoms with E-state index in [4.69, 9.17) is 5.41 Å². The lowest BCUT2D eigenvalue weighted by Crippen LogP contribution is -2.45. The molecule has 1 aliphatic heterocycles. The van der Waals surface area contributed by atoms with Gasteiger partial charge >= 0.3 is 0 Å². The second-order valence-electron chi connectivity index (χ2n) is 9.84. The van der Waals surface area contributed by atoms with Gasteiger partial charge in [0.2, 0.25) is 12.7 Å². The zero-order chi connectivity index (χ0) is 26.0. The summed E-state index contributed by atoms with van der Waals surface area (Å²) in [6.07, 6.45) is 9.12. The molecule has 9 heteroatoms. The predicted molar refractivity (Wildman–Crippen MR) is 137 cm³/mol. The standard InChI is InChI=1S/C27H34N4O5/c1-16-19(5-3-4-6-23(16)32)26(34)24-22(14-28)25(33)20-8-7-18(13-21(20)27(24)35)31(36)15-30-11-9-17(29-2)10-12-30/h3-5,14,17-18,29H,6-13,15H2,1-2H3,(H3-,28,32,33,34,35)/p+1. The number of benzene rings is 1. The number of phenolic OH excluding ortho intramolecular Hbond substituents is 2. The summed E-state index contributed by atoms with van der Waals surface area (Å²) in [6, 6.07) is 0.0746. The average molecular weight is 496 g/mol. The summed E-state index contributed by atoms with van der Waals surface area (Å²) in [4.78, 5) is 28.8. The molecule has 192 valence electrons. The summed E-state index contributed by atoms with van der Waals surface area (Å²) in [5, 5.41) is 43.6. The Hall–Kier alpha value is -3.30. The molecule has 5 N–H and O–H groups in total. The van der Waals surface area contributed by atoms with E-state index in [1.807, 2.05) is 7.05 Å². The summed E-state index contributed by atoms with van der Waals surface area (Å²) in [7, 11) is 1.95. The first-order valence-electron chi connectivity index (χ1n) is 12.5. The fourth-order valence-electron chi connectivity index (χ4n) is 5.43. The van der Waals surface area contributed by atoms with Crippen LogP contribution in [0.3, 0.4) is 0 Å². The van der Waals surface area contributed by atoms with E-state index in [9.17, 15) is 25.0 Å². The normalized spacial score (nSPS) is 21.1. The number of Topliss-reactive ketones (excluding diaryl/α,β-unsaturated/α-hetero) is 1. The van der Waals surface area contributed by atoms with Gasteiger partial charge in [-0.25, -0.2) is 4.90 Å². The molecule has 0 aromatic heterocycles. The van der Waals surface area contributed by atoms with Gasteiger partial charge in [-0.05, 0) is 38.8 Å². The number of rotatable bonds is 7. The monoisotopic (exact) mass is 495 g/mol. The Kier molecular flexibility index (Phi) is 7.70. The molecule has 1 aromatic carbocycles. The van der Waals surface area contributed by atoms with Crippen LogP contribution in [0.15, 0.2) is 35.1 Å². The quantitative estimate of drug-likeness (QED) is 0.169. The first-order valence-corrected chi connectivity index (χ1v) is 12.5. The molecule has 2 aliphatic carbocycles. The Balaban J connectivity index is 1.63. The molecule has 4 rings (SSSR count). The Morgan fingerprint density at radius 2 is 1.92 bits per heavy atom. The lowest BCUT2D eigenvalue weighted by molar-refractivity contribution is -0.605. The highest BCUT2D eigenvalue weighted by Gasteiger charge is 2.38. The molecule has 1 aromatic rings. The highest BCUT2D eigenvalue weighted by molar-refractivity contribution is 6.18. The van der Waals surface area contributed by atoms with Crippen LogP contribution in [0.25, 0.3) is 0 Å². The molecule has 0 bridgehead atoms. The molecule has 0 spiro atoms. The van der Waals surface area contributed by atoms with Crippen molar-refractivity contribution < 1.29 is 24.9 Å². The third kappa shape index (κ3) is 4.85. The number of hydrogen-bond acceptors (Lipinski definition) is 8. The predicted octanol–water partition coefficient (Wildman–Crippen LogP) is 3.27. The second kappa shape index (κ2) is 10.8. The highest BCUT2D eigenvalue weighted by Crippen LogP contribution is 2.43. The van der Waals surface area contributed by atoms with Crippen LogP contribution in [-0.4, -0.2) is 75.9 Å². The fourth-order valence-corrected chi connectivity index (χ4v) is 5.43. The molecule has 0 saturated carbocycles. The maximum atomic E-state index is 13.6. The van der Waals surface area contributed by atoms with Gasteiger partial charge in [-0.3, -0.25) is 4.79 Å². The van der Waals surface area contributed by atoms with E-state index >= 15 is 0 Å². The third-order valence-corrected chi connectivity index (χ3v) is 7.77.